The third-order valence-corrected chi connectivity index (χ3v) is 2.89. The molecule has 1 heterocycles. The molecule has 0 spiro atoms. The summed E-state index contributed by atoms with van der Waals surface area (Å²) in [6.45, 7) is 7.51. The van der Waals surface area contributed by atoms with Gasteiger partial charge in [-0.15, -0.1) is 0 Å². The van der Waals surface area contributed by atoms with Crippen molar-refractivity contribution in [2.75, 3.05) is 0 Å². The Bertz CT molecular complexity index is 452. The summed E-state index contributed by atoms with van der Waals surface area (Å²) in [5.41, 5.74) is 2.56. The molecule has 0 aliphatic rings. The number of nitrogens with zero attached hydrogens (tertiary/aromatic N) is 2. The van der Waals surface area contributed by atoms with Gasteiger partial charge in [0, 0.05) is 24.5 Å². The van der Waals surface area contributed by atoms with E-state index >= 15 is 0 Å². The first-order valence-corrected chi connectivity index (χ1v) is 5.84. The molecular formula is C14H18N2. The summed E-state index contributed by atoms with van der Waals surface area (Å²) < 4.78 is 2.16. The zero-order valence-electron chi connectivity index (χ0n) is 10.1. The highest BCUT2D eigenvalue weighted by Crippen LogP contribution is 2.21. The van der Waals surface area contributed by atoms with Crippen molar-refractivity contribution in [3.8, 4) is 11.4 Å². The number of hydrogen-bond acceptors (Lipinski definition) is 1. The number of aromatic nitrogens is 2. The minimum atomic E-state index is 0.583. The third kappa shape index (κ3) is 2.01. The van der Waals surface area contributed by atoms with Crippen molar-refractivity contribution < 1.29 is 0 Å². The molecule has 0 aliphatic carbocycles. The maximum Gasteiger partial charge on any atom is 0.139 e. The van der Waals surface area contributed by atoms with E-state index in [1.165, 1.54) is 11.1 Å². The first kappa shape index (κ1) is 10.9. The average molecular weight is 214 g/mol. The molecule has 0 amide bonds. The van der Waals surface area contributed by atoms with Gasteiger partial charge in [0.1, 0.15) is 5.82 Å². The molecule has 0 bridgehead atoms. The zero-order chi connectivity index (χ0) is 11.5. The van der Waals surface area contributed by atoms with Crippen LogP contribution in [-0.2, 0) is 6.54 Å². The van der Waals surface area contributed by atoms with Gasteiger partial charge < -0.3 is 4.57 Å². The highest BCUT2D eigenvalue weighted by molar-refractivity contribution is 5.56. The van der Waals surface area contributed by atoms with Crippen LogP contribution in [0.4, 0.5) is 0 Å². The maximum absolute atomic E-state index is 4.39. The second-order valence-corrected chi connectivity index (χ2v) is 4.31. The van der Waals surface area contributed by atoms with E-state index in [0.29, 0.717) is 5.92 Å². The minimum absolute atomic E-state index is 0.583. The first-order valence-electron chi connectivity index (χ1n) is 5.84. The van der Waals surface area contributed by atoms with Crippen LogP contribution in [0.3, 0.4) is 0 Å². The van der Waals surface area contributed by atoms with Crippen molar-refractivity contribution in [1.29, 1.82) is 0 Å². The molecule has 0 N–H and O–H groups in total. The summed E-state index contributed by atoms with van der Waals surface area (Å²) in [6.07, 6.45) is 3.88. The Morgan fingerprint density at radius 2 is 1.88 bits per heavy atom. The fourth-order valence-corrected chi connectivity index (χ4v) is 1.84. The van der Waals surface area contributed by atoms with E-state index in [4.69, 9.17) is 0 Å². The van der Waals surface area contributed by atoms with Crippen LogP contribution >= 0.6 is 0 Å². The standard InChI is InChI=1S/C14H18N2/c1-4-16-10-9-15-14(16)13-7-5-12(6-8-13)11(2)3/h5-11H,4H2,1-3H3. The molecule has 2 nitrogen and oxygen atoms in total. The lowest BCUT2D eigenvalue weighted by Gasteiger charge is -2.08. The summed E-state index contributed by atoms with van der Waals surface area (Å²) in [5, 5.41) is 0. The Morgan fingerprint density at radius 3 is 2.44 bits per heavy atom. The van der Waals surface area contributed by atoms with Crippen LogP contribution in [0.5, 0.6) is 0 Å². The van der Waals surface area contributed by atoms with E-state index in [2.05, 4.69) is 54.6 Å². The summed E-state index contributed by atoms with van der Waals surface area (Å²) in [7, 11) is 0. The SMILES string of the molecule is CCn1ccnc1-c1ccc(C(C)C)cc1. The predicted molar refractivity (Wildman–Crippen MR) is 67.4 cm³/mol. The summed E-state index contributed by atoms with van der Waals surface area (Å²) >= 11 is 0. The number of rotatable bonds is 3. The molecule has 84 valence electrons. The van der Waals surface area contributed by atoms with Gasteiger partial charge in [-0.25, -0.2) is 4.98 Å². The summed E-state index contributed by atoms with van der Waals surface area (Å²) in [5.74, 6) is 1.64. The Balaban J connectivity index is 2.35. The van der Waals surface area contributed by atoms with Gasteiger partial charge in [-0.1, -0.05) is 38.1 Å². The number of hydrogen-bond donors (Lipinski definition) is 0. The van der Waals surface area contributed by atoms with Gasteiger partial charge in [0.15, 0.2) is 0 Å². The van der Waals surface area contributed by atoms with Gasteiger partial charge in [0.25, 0.3) is 0 Å². The Hall–Kier alpha value is -1.57. The van der Waals surface area contributed by atoms with Crippen LogP contribution in [0.15, 0.2) is 36.7 Å². The molecule has 0 atom stereocenters. The van der Waals surface area contributed by atoms with E-state index in [0.717, 1.165) is 12.4 Å². The number of imidazole rings is 1. The van der Waals surface area contributed by atoms with Gasteiger partial charge in [-0.05, 0) is 18.4 Å². The molecule has 2 rings (SSSR count). The van der Waals surface area contributed by atoms with Crippen molar-refractivity contribution in [3.63, 3.8) is 0 Å². The van der Waals surface area contributed by atoms with E-state index in [1.807, 2.05) is 12.4 Å². The van der Waals surface area contributed by atoms with Crippen LogP contribution in [0.1, 0.15) is 32.3 Å². The highest BCUT2D eigenvalue weighted by atomic mass is 15.0. The van der Waals surface area contributed by atoms with Gasteiger partial charge in [-0.2, -0.15) is 0 Å². The van der Waals surface area contributed by atoms with Crippen LogP contribution in [-0.4, -0.2) is 9.55 Å². The van der Waals surface area contributed by atoms with Crippen molar-refractivity contribution in [3.05, 3.63) is 42.2 Å². The summed E-state index contributed by atoms with van der Waals surface area (Å²) in [6, 6.07) is 8.69. The van der Waals surface area contributed by atoms with Gasteiger partial charge in [0.05, 0.1) is 0 Å². The van der Waals surface area contributed by atoms with Crippen LogP contribution in [0, 0.1) is 0 Å². The largest absolute Gasteiger partial charge is 0.331 e. The van der Waals surface area contributed by atoms with Crippen molar-refractivity contribution in [1.82, 2.24) is 9.55 Å². The van der Waals surface area contributed by atoms with Crippen LogP contribution < -0.4 is 0 Å². The minimum Gasteiger partial charge on any atom is -0.331 e. The molecule has 0 saturated heterocycles. The predicted octanol–water partition coefficient (Wildman–Crippen LogP) is 3.69. The van der Waals surface area contributed by atoms with Crippen LogP contribution in [0.2, 0.25) is 0 Å². The highest BCUT2D eigenvalue weighted by Gasteiger charge is 2.05. The van der Waals surface area contributed by atoms with Crippen molar-refractivity contribution in [2.45, 2.75) is 33.2 Å². The van der Waals surface area contributed by atoms with Crippen molar-refractivity contribution >= 4 is 0 Å². The smallest absolute Gasteiger partial charge is 0.139 e. The zero-order valence-corrected chi connectivity index (χ0v) is 10.1. The topological polar surface area (TPSA) is 17.8 Å². The molecule has 1 aromatic heterocycles. The molecule has 0 fully saturated rings. The van der Waals surface area contributed by atoms with Crippen molar-refractivity contribution in [2.24, 2.45) is 0 Å². The fraction of sp³-hybridized carbons (Fsp3) is 0.357. The van der Waals surface area contributed by atoms with Gasteiger partial charge in [0.2, 0.25) is 0 Å². The quantitative estimate of drug-likeness (QED) is 0.762. The Labute approximate surface area is 97.0 Å². The molecule has 0 radical (unpaired) electrons. The second kappa shape index (κ2) is 4.52. The first-order chi connectivity index (χ1) is 7.72. The molecular weight excluding hydrogens is 196 g/mol. The van der Waals surface area contributed by atoms with Gasteiger partial charge >= 0.3 is 0 Å². The van der Waals surface area contributed by atoms with E-state index in [9.17, 15) is 0 Å². The molecule has 1 aromatic carbocycles. The normalized spacial score (nSPS) is 11.0. The number of benzene rings is 1. The molecule has 2 heteroatoms. The lowest BCUT2D eigenvalue weighted by molar-refractivity contribution is 0.770. The molecule has 0 aliphatic heterocycles. The Morgan fingerprint density at radius 1 is 1.19 bits per heavy atom. The fourth-order valence-electron chi connectivity index (χ4n) is 1.84. The second-order valence-electron chi connectivity index (χ2n) is 4.31. The average Bonchev–Trinajstić information content (AvgIpc) is 2.77. The lowest BCUT2D eigenvalue weighted by atomic mass is 10.0. The third-order valence-electron chi connectivity index (χ3n) is 2.89. The van der Waals surface area contributed by atoms with E-state index in [1.54, 1.807) is 0 Å². The maximum atomic E-state index is 4.39. The molecule has 2 aromatic rings. The molecule has 0 saturated carbocycles. The molecule has 0 unspecified atom stereocenters. The van der Waals surface area contributed by atoms with Crippen LogP contribution in [0.25, 0.3) is 11.4 Å². The molecule has 16 heavy (non-hydrogen) atoms. The lowest BCUT2D eigenvalue weighted by Crippen LogP contribution is -1.96. The van der Waals surface area contributed by atoms with E-state index in [-0.39, 0.29) is 0 Å². The number of aryl methyl sites for hydroxylation is 1. The van der Waals surface area contributed by atoms with E-state index < -0.39 is 0 Å². The monoisotopic (exact) mass is 214 g/mol. The Kier molecular flexibility index (Phi) is 3.09. The van der Waals surface area contributed by atoms with Gasteiger partial charge in [-0.3, -0.25) is 0 Å². The summed E-state index contributed by atoms with van der Waals surface area (Å²) in [4.78, 5) is 4.39.